The van der Waals surface area contributed by atoms with Gasteiger partial charge >= 0.3 is 0 Å². The maximum atomic E-state index is 11.3. The lowest BCUT2D eigenvalue weighted by molar-refractivity contribution is 0.0923. The van der Waals surface area contributed by atoms with Crippen LogP contribution in [0.1, 0.15) is 4.79 Å². The highest BCUT2D eigenvalue weighted by Crippen LogP contribution is 2.25. The minimum absolute atomic E-state index is 0.0439. The van der Waals surface area contributed by atoms with Crippen molar-refractivity contribution in [3.8, 4) is 11.5 Å². The number of hydrogen-bond donors (Lipinski definition) is 0. The Hall–Kier alpha value is -1.76. The van der Waals surface area contributed by atoms with Crippen molar-refractivity contribution >= 4 is 17.7 Å². The van der Waals surface area contributed by atoms with Crippen LogP contribution in [0.2, 0.25) is 0 Å². The number of rotatable bonds is 1. The van der Waals surface area contributed by atoms with Gasteiger partial charge in [0.1, 0.15) is 5.69 Å². The molecule has 0 atom stereocenters. The summed E-state index contributed by atoms with van der Waals surface area (Å²) in [4.78, 5) is 23.5. The molecule has 74 valence electrons. The zero-order valence-electron chi connectivity index (χ0n) is 7.49. The van der Waals surface area contributed by atoms with Crippen LogP contribution in [0.5, 0.6) is 0 Å². The fraction of sp³-hybridized carbons (Fsp3) is 0.125. The first-order valence-electron chi connectivity index (χ1n) is 4.24. The number of hydrogen-bond acceptors (Lipinski definition) is 6. The first-order chi connectivity index (χ1) is 7.34. The largest absolute Gasteiger partial charge is 0.271 e. The van der Waals surface area contributed by atoms with Crippen molar-refractivity contribution in [2.45, 2.75) is 5.16 Å². The van der Waals surface area contributed by atoms with Gasteiger partial charge in [-0.3, -0.25) is 9.78 Å². The highest BCUT2D eigenvalue weighted by atomic mass is 32.2. The minimum Gasteiger partial charge on any atom is -0.271 e. The quantitative estimate of drug-likeness (QED) is 0.694. The van der Waals surface area contributed by atoms with Crippen LogP contribution in [0.25, 0.3) is 11.5 Å². The van der Waals surface area contributed by atoms with E-state index in [-0.39, 0.29) is 5.91 Å². The highest BCUT2D eigenvalue weighted by Gasteiger charge is 2.24. The van der Waals surface area contributed by atoms with Crippen molar-refractivity contribution in [2.24, 2.45) is 0 Å². The monoisotopic (exact) mass is 219 g/mol. The number of carbonyl (C=O) groups is 1. The molecule has 7 heteroatoms. The van der Waals surface area contributed by atoms with Crippen molar-refractivity contribution in [2.75, 3.05) is 5.75 Å². The van der Waals surface area contributed by atoms with Gasteiger partial charge in [0.15, 0.2) is 5.16 Å². The molecule has 0 aliphatic carbocycles. The third-order valence-corrected chi connectivity index (χ3v) is 2.84. The lowest BCUT2D eigenvalue weighted by Gasteiger charge is -1.91. The van der Waals surface area contributed by atoms with Gasteiger partial charge in [0.2, 0.25) is 5.82 Å². The molecule has 0 bridgehead atoms. The van der Waals surface area contributed by atoms with Crippen LogP contribution in [0, 0.1) is 0 Å². The Balaban J connectivity index is 2.09. The van der Waals surface area contributed by atoms with Gasteiger partial charge in [-0.15, -0.1) is 5.10 Å². The van der Waals surface area contributed by atoms with Gasteiger partial charge in [0.25, 0.3) is 5.91 Å². The number of carbonyl (C=O) groups excluding carboxylic acids is 1. The molecule has 6 nitrogen and oxygen atoms in total. The summed E-state index contributed by atoms with van der Waals surface area (Å²) in [5.41, 5.74) is 0.577. The van der Waals surface area contributed by atoms with E-state index < -0.39 is 0 Å². The van der Waals surface area contributed by atoms with Crippen LogP contribution in [0.4, 0.5) is 0 Å². The molecule has 0 fully saturated rings. The first kappa shape index (κ1) is 8.54. The van der Waals surface area contributed by atoms with Crippen LogP contribution < -0.4 is 0 Å². The number of aromatic nitrogens is 5. The van der Waals surface area contributed by atoms with Crippen molar-refractivity contribution in [3.63, 3.8) is 0 Å². The van der Waals surface area contributed by atoms with E-state index >= 15 is 0 Å². The molecule has 0 spiro atoms. The molecule has 0 N–H and O–H groups in total. The van der Waals surface area contributed by atoms with Gasteiger partial charge in [-0.05, 0) is 0 Å². The van der Waals surface area contributed by atoms with Gasteiger partial charge in [0.05, 0.1) is 11.9 Å². The third-order valence-electron chi connectivity index (χ3n) is 1.93. The maximum absolute atomic E-state index is 11.3. The van der Waals surface area contributed by atoms with Gasteiger partial charge < -0.3 is 0 Å². The molecule has 2 aromatic heterocycles. The summed E-state index contributed by atoms with van der Waals surface area (Å²) in [5.74, 6) is 0.812. The van der Waals surface area contributed by atoms with Gasteiger partial charge in [-0.2, -0.15) is 9.67 Å². The fourth-order valence-corrected chi connectivity index (χ4v) is 2.05. The molecule has 0 aromatic carbocycles. The summed E-state index contributed by atoms with van der Waals surface area (Å²) in [6.45, 7) is 0. The molecular formula is C8H5N5OS. The van der Waals surface area contributed by atoms with Crippen molar-refractivity contribution in [1.82, 2.24) is 24.7 Å². The van der Waals surface area contributed by atoms with Crippen LogP contribution in [0.3, 0.4) is 0 Å². The zero-order valence-corrected chi connectivity index (χ0v) is 8.31. The molecule has 2 aromatic rings. The smallest absolute Gasteiger partial charge is 0.259 e. The molecule has 3 rings (SSSR count). The molecule has 3 heterocycles. The third kappa shape index (κ3) is 1.32. The molecule has 0 amide bonds. The van der Waals surface area contributed by atoms with Crippen molar-refractivity contribution < 1.29 is 4.79 Å². The average molecular weight is 219 g/mol. The second-order valence-electron chi connectivity index (χ2n) is 2.90. The number of thioether (sulfide) groups is 1. The van der Waals surface area contributed by atoms with Gasteiger partial charge in [0, 0.05) is 12.4 Å². The fourth-order valence-electron chi connectivity index (χ4n) is 1.26. The molecule has 0 saturated carbocycles. The standard InChI is InChI=1S/C8H5N5OS/c14-6-4-15-8-11-7(12-13(6)8)5-3-9-1-2-10-5/h1-3H,4H2. The van der Waals surface area contributed by atoms with E-state index in [2.05, 4.69) is 20.1 Å². The van der Waals surface area contributed by atoms with Gasteiger partial charge in [-0.1, -0.05) is 11.8 Å². The van der Waals surface area contributed by atoms with E-state index in [1.54, 1.807) is 18.6 Å². The maximum Gasteiger partial charge on any atom is 0.259 e. The van der Waals surface area contributed by atoms with Crippen LogP contribution in [-0.4, -0.2) is 36.4 Å². The van der Waals surface area contributed by atoms with Gasteiger partial charge in [-0.25, -0.2) is 4.98 Å². The predicted octanol–water partition coefficient (Wildman–Crippen LogP) is 0.481. The van der Waals surface area contributed by atoms with E-state index in [4.69, 9.17) is 0 Å². The second-order valence-corrected chi connectivity index (χ2v) is 3.85. The Bertz CT molecular complexity index is 523. The van der Waals surface area contributed by atoms with E-state index in [9.17, 15) is 4.79 Å². The Labute approximate surface area is 88.8 Å². The highest BCUT2D eigenvalue weighted by molar-refractivity contribution is 8.00. The van der Waals surface area contributed by atoms with E-state index in [0.29, 0.717) is 22.4 Å². The lowest BCUT2D eigenvalue weighted by atomic mass is 10.4. The molecule has 15 heavy (non-hydrogen) atoms. The Morgan fingerprint density at radius 3 is 3.07 bits per heavy atom. The molecule has 0 saturated heterocycles. The predicted molar refractivity (Wildman–Crippen MR) is 52.4 cm³/mol. The van der Waals surface area contributed by atoms with Crippen LogP contribution >= 0.6 is 11.8 Å². The average Bonchev–Trinajstić information content (AvgIpc) is 2.83. The van der Waals surface area contributed by atoms with E-state index in [1.165, 1.54) is 16.4 Å². The number of fused-ring (bicyclic) bond motifs is 1. The lowest BCUT2D eigenvalue weighted by Crippen LogP contribution is -2.08. The summed E-state index contributed by atoms with van der Waals surface area (Å²) < 4.78 is 1.31. The molecule has 0 unspecified atom stereocenters. The second kappa shape index (κ2) is 3.13. The molecule has 1 aliphatic rings. The van der Waals surface area contributed by atoms with E-state index in [0.717, 1.165) is 0 Å². The normalized spacial score (nSPS) is 14.3. The SMILES string of the molecule is O=C1CSc2nc(-c3cnccn3)nn21. The summed E-state index contributed by atoms with van der Waals surface area (Å²) in [6, 6.07) is 0. The van der Waals surface area contributed by atoms with Crippen LogP contribution in [0.15, 0.2) is 23.7 Å². The summed E-state index contributed by atoms with van der Waals surface area (Å²) in [6.07, 6.45) is 4.71. The Morgan fingerprint density at radius 2 is 2.33 bits per heavy atom. The van der Waals surface area contributed by atoms with Crippen LogP contribution in [-0.2, 0) is 0 Å². The molecular weight excluding hydrogens is 214 g/mol. The summed E-state index contributed by atoms with van der Waals surface area (Å²) in [5, 5.41) is 4.70. The topological polar surface area (TPSA) is 73.6 Å². The first-order valence-corrected chi connectivity index (χ1v) is 5.22. The zero-order chi connectivity index (χ0) is 10.3. The summed E-state index contributed by atoms with van der Waals surface area (Å²) >= 11 is 1.38. The molecule has 1 aliphatic heterocycles. The van der Waals surface area contributed by atoms with Crippen molar-refractivity contribution in [3.05, 3.63) is 18.6 Å². The molecule has 0 radical (unpaired) electrons. The Kier molecular flexibility index (Phi) is 1.78. The van der Waals surface area contributed by atoms with E-state index in [1.807, 2.05) is 0 Å². The minimum atomic E-state index is -0.0439. The number of nitrogens with zero attached hydrogens (tertiary/aromatic N) is 5. The summed E-state index contributed by atoms with van der Waals surface area (Å²) in [7, 11) is 0. The van der Waals surface area contributed by atoms with Crippen molar-refractivity contribution in [1.29, 1.82) is 0 Å². The Morgan fingerprint density at radius 1 is 1.40 bits per heavy atom.